The molecular formula is C25H30ClN3O3. The number of carbonyl (C=O) groups excluding carboxylic acids is 1. The zero-order chi connectivity index (χ0) is 22.1. The van der Waals surface area contributed by atoms with E-state index in [9.17, 15) is 4.79 Å². The number of amides is 1. The summed E-state index contributed by atoms with van der Waals surface area (Å²) >= 11 is 6.31. The van der Waals surface area contributed by atoms with E-state index in [2.05, 4.69) is 39.4 Å². The van der Waals surface area contributed by atoms with Gasteiger partial charge in [-0.2, -0.15) is 0 Å². The highest BCUT2D eigenvalue weighted by Crippen LogP contribution is 2.39. The molecule has 0 saturated carbocycles. The van der Waals surface area contributed by atoms with E-state index in [1.807, 2.05) is 18.2 Å². The smallest absolute Gasteiger partial charge is 0.225 e. The summed E-state index contributed by atoms with van der Waals surface area (Å²) in [7, 11) is 1.68. The molecule has 3 heterocycles. The van der Waals surface area contributed by atoms with Crippen LogP contribution in [0.25, 0.3) is 0 Å². The number of piperazine rings is 1. The normalized spacial score (nSPS) is 24.6. The molecule has 6 nitrogen and oxygen atoms in total. The summed E-state index contributed by atoms with van der Waals surface area (Å²) in [5, 5.41) is 3.87. The van der Waals surface area contributed by atoms with Crippen LogP contribution in [0.2, 0.25) is 5.02 Å². The number of fused-ring (bicyclic) bond motifs is 3. The molecule has 0 aliphatic carbocycles. The maximum absolute atomic E-state index is 13.4. The lowest BCUT2D eigenvalue weighted by Gasteiger charge is -2.49. The molecule has 3 aliphatic heterocycles. The Balaban J connectivity index is 1.41. The molecule has 0 radical (unpaired) electrons. The minimum Gasteiger partial charge on any atom is -0.495 e. The van der Waals surface area contributed by atoms with Crippen molar-refractivity contribution in [3.63, 3.8) is 0 Å². The number of carbonyl (C=O) groups is 1. The number of hydrogen-bond donors (Lipinski definition) is 1. The summed E-state index contributed by atoms with van der Waals surface area (Å²) in [4.78, 5) is 18.1. The van der Waals surface area contributed by atoms with Crippen molar-refractivity contribution < 1.29 is 14.3 Å². The number of ether oxygens (including phenoxy) is 2. The Morgan fingerprint density at radius 2 is 2.09 bits per heavy atom. The molecule has 0 aromatic heterocycles. The van der Waals surface area contributed by atoms with Crippen LogP contribution in [-0.2, 0) is 16.0 Å². The first kappa shape index (κ1) is 21.4. The monoisotopic (exact) mass is 455 g/mol. The Morgan fingerprint density at radius 1 is 1.22 bits per heavy atom. The second-order valence-electron chi connectivity index (χ2n) is 8.84. The minimum atomic E-state index is -0.126. The molecule has 2 aromatic rings. The molecule has 3 atom stereocenters. The number of hydrogen-bond acceptors (Lipinski definition) is 5. The van der Waals surface area contributed by atoms with Crippen LogP contribution in [0, 0.1) is 5.92 Å². The van der Waals surface area contributed by atoms with Crippen molar-refractivity contribution in [1.29, 1.82) is 0 Å². The molecule has 170 valence electrons. The Kier molecular flexibility index (Phi) is 6.15. The van der Waals surface area contributed by atoms with Gasteiger partial charge in [0, 0.05) is 43.5 Å². The third kappa shape index (κ3) is 4.14. The summed E-state index contributed by atoms with van der Waals surface area (Å²) in [6.07, 6.45) is 2.98. The van der Waals surface area contributed by atoms with Crippen molar-refractivity contribution >= 4 is 28.9 Å². The van der Waals surface area contributed by atoms with Gasteiger partial charge in [-0.1, -0.05) is 29.8 Å². The average Bonchev–Trinajstić information content (AvgIpc) is 3.35. The molecule has 1 amide bonds. The molecule has 7 heteroatoms. The molecule has 0 bridgehead atoms. The van der Waals surface area contributed by atoms with Gasteiger partial charge in [-0.25, -0.2) is 0 Å². The van der Waals surface area contributed by atoms with Crippen LogP contribution in [0.4, 0.5) is 11.4 Å². The van der Waals surface area contributed by atoms with Gasteiger partial charge in [0.15, 0.2) is 0 Å². The van der Waals surface area contributed by atoms with Crippen molar-refractivity contribution in [3.8, 4) is 5.75 Å². The van der Waals surface area contributed by atoms with Gasteiger partial charge in [0.05, 0.1) is 30.9 Å². The standard InChI is InChI=1S/C25H30ClN3O3/c1-31-24-9-8-18(26)14-22(24)28-10-11-29-21-7-3-2-5-17(21)13-20(23(29)16-28)25(30)27-15-19-6-4-12-32-19/h2-3,5,7-9,14,19-20,23H,4,6,10-13,15-16H2,1H3,(H,27,30)/t19-,20-,23-/m0/s1. The van der Waals surface area contributed by atoms with Crippen molar-refractivity contribution in [2.75, 3.05) is 49.7 Å². The number of anilines is 2. The largest absolute Gasteiger partial charge is 0.495 e. The fraction of sp³-hybridized carbons (Fsp3) is 0.480. The van der Waals surface area contributed by atoms with Gasteiger partial charge in [0.25, 0.3) is 0 Å². The third-order valence-corrected chi connectivity index (χ3v) is 7.21. The highest BCUT2D eigenvalue weighted by atomic mass is 35.5. The Morgan fingerprint density at radius 3 is 2.91 bits per heavy atom. The molecule has 32 heavy (non-hydrogen) atoms. The zero-order valence-corrected chi connectivity index (χ0v) is 19.2. The van der Waals surface area contributed by atoms with Gasteiger partial charge >= 0.3 is 0 Å². The highest BCUT2D eigenvalue weighted by Gasteiger charge is 2.42. The summed E-state index contributed by atoms with van der Waals surface area (Å²) in [5.74, 6) is 0.794. The molecule has 3 aliphatic rings. The van der Waals surface area contributed by atoms with Crippen LogP contribution in [0.3, 0.4) is 0 Å². The number of para-hydroxylation sites is 1. The molecule has 2 saturated heterocycles. The first-order valence-electron chi connectivity index (χ1n) is 11.5. The molecule has 2 aromatic carbocycles. The van der Waals surface area contributed by atoms with E-state index in [4.69, 9.17) is 21.1 Å². The predicted octanol–water partition coefficient (Wildman–Crippen LogP) is 3.51. The maximum atomic E-state index is 13.4. The van der Waals surface area contributed by atoms with E-state index in [-0.39, 0.29) is 24.0 Å². The van der Waals surface area contributed by atoms with Gasteiger partial charge < -0.3 is 24.6 Å². The van der Waals surface area contributed by atoms with E-state index in [1.165, 1.54) is 11.3 Å². The summed E-state index contributed by atoms with van der Waals surface area (Å²) < 4.78 is 11.3. The predicted molar refractivity (Wildman–Crippen MR) is 127 cm³/mol. The van der Waals surface area contributed by atoms with E-state index in [0.29, 0.717) is 11.6 Å². The van der Waals surface area contributed by atoms with Crippen LogP contribution in [0.5, 0.6) is 5.75 Å². The minimum absolute atomic E-state index is 0.0758. The van der Waals surface area contributed by atoms with Gasteiger partial charge in [-0.15, -0.1) is 0 Å². The van der Waals surface area contributed by atoms with Crippen LogP contribution in [-0.4, -0.2) is 57.9 Å². The summed E-state index contributed by atoms with van der Waals surface area (Å²) in [6, 6.07) is 14.3. The van der Waals surface area contributed by atoms with E-state index in [0.717, 1.165) is 56.9 Å². The maximum Gasteiger partial charge on any atom is 0.225 e. The molecular weight excluding hydrogens is 426 g/mol. The van der Waals surface area contributed by atoms with E-state index >= 15 is 0 Å². The van der Waals surface area contributed by atoms with Crippen molar-refractivity contribution in [3.05, 3.63) is 53.1 Å². The number of methoxy groups -OCH3 is 1. The highest BCUT2D eigenvalue weighted by molar-refractivity contribution is 6.31. The first-order chi connectivity index (χ1) is 15.6. The van der Waals surface area contributed by atoms with Crippen LogP contribution in [0.15, 0.2) is 42.5 Å². The lowest BCUT2D eigenvalue weighted by Crippen LogP contribution is -2.61. The fourth-order valence-corrected chi connectivity index (χ4v) is 5.50. The van der Waals surface area contributed by atoms with Gasteiger partial charge in [0.1, 0.15) is 5.75 Å². The Hall–Kier alpha value is -2.44. The van der Waals surface area contributed by atoms with Gasteiger partial charge in [0.2, 0.25) is 5.91 Å². The number of rotatable bonds is 5. The van der Waals surface area contributed by atoms with E-state index in [1.54, 1.807) is 7.11 Å². The van der Waals surface area contributed by atoms with Crippen molar-refractivity contribution in [2.24, 2.45) is 5.92 Å². The van der Waals surface area contributed by atoms with Crippen LogP contribution in [0.1, 0.15) is 18.4 Å². The summed E-state index contributed by atoms with van der Waals surface area (Å²) in [6.45, 7) is 3.81. The topological polar surface area (TPSA) is 54.0 Å². The number of nitrogens with zero attached hydrogens (tertiary/aromatic N) is 2. The van der Waals surface area contributed by atoms with Crippen LogP contribution < -0.4 is 19.9 Å². The lowest BCUT2D eigenvalue weighted by molar-refractivity contribution is -0.126. The second kappa shape index (κ2) is 9.20. The molecule has 2 fully saturated rings. The van der Waals surface area contributed by atoms with Gasteiger partial charge in [-0.05, 0) is 49.1 Å². The lowest BCUT2D eigenvalue weighted by atomic mass is 9.83. The summed E-state index contributed by atoms with van der Waals surface area (Å²) in [5.41, 5.74) is 3.48. The van der Waals surface area contributed by atoms with Gasteiger partial charge in [-0.3, -0.25) is 4.79 Å². The average molecular weight is 456 g/mol. The molecule has 5 rings (SSSR count). The Bertz CT molecular complexity index is 979. The quantitative estimate of drug-likeness (QED) is 0.747. The molecule has 1 N–H and O–H groups in total. The van der Waals surface area contributed by atoms with Crippen LogP contribution >= 0.6 is 11.6 Å². The number of benzene rings is 2. The molecule has 0 spiro atoms. The SMILES string of the molecule is COc1ccc(Cl)cc1N1CCN2c3ccccc3C[C@H](C(=O)NC[C@@H]3CCCO3)[C@@H]2C1. The fourth-order valence-electron chi connectivity index (χ4n) is 5.34. The number of halogens is 1. The number of nitrogens with one attached hydrogen (secondary N) is 1. The second-order valence-corrected chi connectivity index (χ2v) is 9.28. The van der Waals surface area contributed by atoms with E-state index < -0.39 is 0 Å². The molecule has 0 unspecified atom stereocenters. The van der Waals surface area contributed by atoms with Crippen molar-refractivity contribution in [2.45, 2.75) is 31.4 Å². The Labute approximate surface area is 194 Å². The van der Waals surface area contributed by atoms with Crippen molar-refractivity contribution in [1.82, 2.24) is 5.32 Å². The zero-order valence-electron chi connectivity index (χ0n) is 18.4. The third-order valence-electron chi connectivity index (χ3n) is 6.97. The first-order valence-corrected chi connectivity index (χ1v) is 11.8.